The Morgan fingerprint density at radius 2 is 1.39 bits per heavy atom. The quantitative estimate of drug-likeness (QED) is 0.685. The van der Waals surface area contributed by atoms with E-state index in [1.807, 2.05) is 4.90 Å². The zero-order chi connectivity index (χ0) is 20.4. The van der Waals surface area contributed by atoms with Gasteiger partial charge in [0.15, 0.2) is 0 Å². The maximum Gasteiger partial charge on any atom is 0.417 e. The van der Waals surface area contributed by atoms with Crippen molar-refractivity contribution >= 4 is 5.82 Å². The molecule has 1 aliphatic rings. The molecule has 0 N–H and O–H groups in total. The highest BCUT2D eigenvalue weighted by atomic mass is 19.4. The molecule has 152 valence electrons. The number of anilines is 1. The molecule has 2 aromatic rings. The van der Waals surface area contributed by atoms with Crippen LogP contribution >= 0.6 is 0 Å². The Bertz CT molecular complexity index is 768. The van der Waals surface area contributed by atoms with E-state index in [0.717, 1.165) is 42.9 Å². The van der Waals surface area contributed by atoms with E-state index in [1.165, 1.54) is 18.2 Å². The van der Waals surface area contributed by atoms with Gasteiger partial charge in [-0.05, 0) is 36.2 Å². The molecule has 0 unspecified atom stereocenters. The largest absolute Gasteiger partial charge is 0.417 e. The minimum Gasteiger partial charge on any atom is -0.355 e. The van der Waals surface area contributed by atoms with Gasteiger partial charge in [-0.15, -0.1) is 0 Å². The molecule has 28 heavy (non-hydrogen) atoms. The first-order chi connectivity index (χ1) is 13.1. The number of halogens is 6. The lowest BCUT2D eigenvalue weighted by molar-refractivity contribution is -0.138. The van der Waals surface area contributed by atoms with Crippen LogP contribution in [0.4, 0.5) is 32.2 Å². The molecular weight excluding hydrogens is 384 g/mol. The standard InChI is InChI=1S/C19H19F6N3/c20-18(21,22)15-4-2-14(3-5-15)13-27-8-1-9-28(11-10-27)17-7-6-16(12-26-17)19(23,24)25/h2-7,12H,1,8-11,13H2. The molecule has 2 heterocycles. The predicted octanol–water partition coefficient (Wildman–Crippen LogP) is 4.83. The first kappa shape index (κ1) is 20.4. The Labute approximate surface area is 158 Å². The third-order valence-corrected chi connectivity index (χ3v) is 4.68. The molecule has 1 saturated heterocycles. The molecule has 0 saturated carbocycles. The van der Waals surface area contributed by atoms with Crippen LogP contribution in [0, 0.1) is 0 Å². The second-order valence-corrected chi connectivity index (χ2v) is 6.71. The molecule has 1 aromatic heterocycles. The lowest BCUT2D eigenvalue weighted by atomic mass is 10.1. The molecule has 0 radical (unpaired) electrons. The molecule has 0 atom stereocenters. The summed E-state index contributed by atoms with van der Waals surface area (Å²) in [6.07, 6.45) is -7.15. The Kier molecular flexibility index (Phi) is 5.83. The van der Waals surface area contributed by atoms with Crippen molar-refractivity contribution in [3.05, 3.63) is 59.3 Å². The normalized spacial score (nSPS) is 16.9. The van der Waals surface area contributed by atoms with Crippen LogP contribution in [0.25, 0.3) is 0 Å². The number of hydrogen-bond donors (Lipinski definition) is 0. The van der Waals surface area contributed by atoms with Crippen molar-refractivity contribution in [3.63, 3.8) is 0 Å². The smallest absolute Gasteiger partial charge is 0.355 e. The Morgan fingerprint density at radius 3 is 1.96 bits per heavy atom. The molecule has 0 spiro atoms. The van der Waals surface area contributed by atoms with Crippen molar-refractivity contribution in [2.75, 3.05) is 31.1 Å². The summed E-state index contributed by atoms with van der Waals surface area (Å²) >= 11 is 0. The first-order valence-corrected chi connectivity index (χ1v) is 8.79. The molecule has 9 heteroatoms. The van der Waals surface area contributed by atoms with E-state index in [2.05, 4.69) is 9.88 Å². The maximum absolute atomic E-state index is 12.7. The number of rotatable bonds is 3. The van der Waals surface area contributed by atoms with Crippen molar-refractivity contribution < 1.29 is 26.3 Å². The molecule has 0 amide bonds. The van der Waals surface area contributed by atoms with E-state index >= 15 is 0 Å². The minimum atomic E-state index is -4.41. The van der Waals surface area contributed by atoms with Crippen LogP contribution in [0.2, 0.25) is 0 Å². The molecule has 1 fully saturated rings. The van der Waals surface area contributed by atoms with E-state index in [9.17, 15) is 26.3 Å². The van der Waals surface area contributed by atoms with E-state index < -0.39 is 23.5 Å². The number of pyridine rings is 1. The zero-order valence-corrected chi connectivity index (χ0v) is 14.9. The molecular formula is C19H19F6N3. The van der Waals surface area contributed by atoms with E-state index in [4.69, 9.17) is 0 Å². The summed E-state index contributed by atoms with van der Waals surface area (Å²) in [5.41, 5.74) is -0.671. The highest BCUT2D eigenvalue weighted by Crippen LogP contribution is 2.30. The van der Waals surface area contributed by atoms with Crippen LogP contribution < -0.4 is 4.90 Å². The lowest BCUT2D eigenvalue weighted by Crippen LogP contribution is -2.31. The maximum atomic E-state index is 12.7. The van der Waals surface area contributed by atoms with Crippen LogP contribution in [0.3, 0.4) is 0 Å². The van der Waals surface area contributed by atoms with Gasteiger partial charge in [0, 0.05) is 38.9 Å². The second-order valence-electron chi connectivity index (χ2n) is 6.71. The summed E-state index contributed by atoms with van der Waals surface area (Å²) in [6.45, 7) is 3.15. The van der Waals surface area contributed by atoms with Gasteiger partial charge in [0.2, 0.25) is 0 Å². The van der Waals surface area contributed by atoms with Crippen LogP contribution in [-0.4, -0.2) is 36.1 Å². The Morgan fingerprint density at radius 1 is 0.750 bits per heavy atom. The third kappa shape index (κ3) is 5.15. The summed E-state index contributed by atoms with van der Waals surface area (Å²) < 4.78 is 75.9. The van der Waals surface area contributed by atoms with Crippen molar-refractivity contribution in [2.45, 2.75) is 25.3 Å². The van der Waals surface area contributed by atoms with Crippen LogP contribution in [0.5, 0.6) is 0 Å². The second kappa shape index (κ2) is 7.98. The van der Waals surface area contributed by atoms with Gasteiger partial charge in [0.1, 0.15) is 5.82 Å². The van der Waals surface area contributed by atoms with Gasteiger partial charge in [-0.1, -0.05) is 12.1 Å². The monoisotopic (exact) mass is 403 g/mol. The number of hydrogen-bond acceptors (Lipinski definition) is 3. The number of nitrogens with zero attached hydrogens (tertiary/aromatic N) is 3. The Hall–Kier alpha value is -2.29. The number of aromatic nitrogens is 1. The van der Waals surface area contributed by atoms with Gasteiger partial charge in [-0.25, -0.2) is 4.98 Å². The van der Waals surface area contributed by atoms with Gasteiger partial charge in [-0.3, -0.25) is 4.90 Å². The van der Waals surface area contributed by atoms with Crippen molar-refractivity contribution in [2.24, 2.45) is 0 Å². The summed E-state index contributed by atoms with van der Waals surface area (Å²) in [4.78, 5) is 7.97. The predicted molar refractivity (Wildman–Crippen MR) is 92.8 cm³/mol. The van der Waals surface area contributed by atoms with Crippen LogP contribution in [-0.2, 0) is 18.9 Å². The molecule has 0 aliphatic carbocycles. The molecule has 3 nitrogen and oxygen atoms in total. The van der Waals surface area contributed by atoms with Gasteiger partial charge in [0.25, 0.3) is 0 Å². The van der Waals surface area contributed by atoms with Gasteiger partial charge in [0.05, 0.1) is 11.1 Å². The Balaban J connectivity index is 1.59. The van der Waals surface area contributed by atoms with E-state index in [1.54, 1.807) is 0 Å². The summed E-state index contributed by atoms with van der Waals surface area (Å²) in [5, 5.41) is 0. The summed E-state index contributed by atoms with van der Waals surface area (Å²) in [7, 11) is 0. The fraction of sp³-hybridized carbons (Fsp3) is 0.421. The fourth-order valence-electron chi connectivity index (χ4n) is 3.16. The SMILES string of the molecule is FC(F)(F)c1ccc(CN2CCCN(c3ccc(C(F)(F)F)cn3)CC2)cc1. The van der Waals surface area contributed by atoms with Crippen molar-refractivity contribution in [1.29, 1.82) is 0 Å². The summed E-state index contributed by atoms with van der Waals surface area (Å²) in [6, 6.07) is 7.49. The first-order valence-electron chi connectivity index (χ1n) is 8.79. The topological polar surface area (TPSA) is 19.4 Å². The highest BCUT2D eigenvalue weighted by Gasteiger charge is 2.31. The average Bonchev–Trinajstić information content (AvgIpc) is 2.86. The molecule has 1 aromatic carbocycles. The highest BCUT2D eigenvalue weighted by molar-refractivity contribution is 5.40. The minimum absolute atomic E-state index is 0.490. The van der Waals surface area contributed by atoms with Gasteiger partial charge < -0.3 is 4.90 Å². The van der Waals surface area contributed by atoms with Gasteiger partial charge in [-0.2, -0.15) is 26.3 Å². The van der Waals surface area contributed by atoms with Crippen LogP contribution in [0.15, 0.2) is 42.6 Å². The number of benzene rings is 1. The van der Waals surface area contributed by atoms with Crippen molar-refractivity contribution in [3.8, 4) is 0 Å². The zero-order valence-electron chi connectivity index (χ0n) is 14.9. The van der Waals surface area contributed by atoms with Crippen molar-refractivity contribution in [1.82, 2.24) is 9.88 Å². The third-order valence-electron chi connectivity index (χ3n) is 4.68. The number of alkyl halides is 6. The molecule has 0 bridgehead atoms. The van der Waals surface area contributed by atoms with E-state index in [-0.39, 0.29) is 0 Å². The van der Waals surface area contributed by atoms with Crippen LogP contribution in [0.1, 0.15) is 23.1 Å². The fourth-order valence-corrected chi connectivity index (χ4v) is 3.16. The lowest BCUT2D eigenvalue weighted by Gasteiger charge is -2.23. The average molecular weight is 403 g/mol. The molecule has 1 aliphatic heterocycles. The molecule has 3 rings (SSSR count). The van der Waals surface area contributed by atoms with E-state index in [0.29, 0.717) is 32.0 Å². The summed E-state index contributed by atoms with van der Waals surface area (Å²) in [5.74, 6) is 0.490. The van der Waals surface area contributed by atoms with Gasteiger partial charge >= 0.3 is 12.4 Å².